The number of nitrogens with zero attached hydrogens (tertiary/aromatic N) is 1. The minimum Gasteiger partial charge on any atom is -0.469 e. The van der Waals surface area contributed by atoms with Crippen molar-refractivity contribution in [3.8, 4) is 0 Å². The summed E-state index contributed by atoms with van der Waals surface area (Å²) in [6.45, 7) is 0.655. The molecule has 0 saturated carbocycles. The first-order valence-electron chi connectivity index (χ1n) is 5.86. The molecule has 1 rings (SSSR count). The molecule has 0 saturated heterocycles. The molecule has 1 heterocycles. The van der Waals surface area contributed by atoms with Gasteiger partial charge >= 0.3 is 5.97 Å². The number of aromatic nitrogens is 1. The lowest BCUT2D eigenvalue weighted by molar-refractivity contribution is -0.140. The normalized spacial score (nSPS) is 12.1. The number of hydrogen-bond acceptors (Lipinski definition) is 4. The Morgan fingerprint density at radius 2 is 2.28 bits per heavy atom. The zero-order valence-electron chi connectivity index (χ0n) is 10.4. The maximum absolute atomic E-state index is 11.7. The number of pyridine rings is 1. The lowest BCUT2D eigenvalue weighted by Crippen LogP contribution is -2.18. The van der Waals surface area contributed by atoms with Crippen molar-refractivity contribution in [2.75, 3.05) is 13.7 Å². The van der Waals surface area contributed by atoms with Crippen LogP contribution >= 0.6 is 0 Å². The summed E-state index contributed by atoms with van der Waals surface area (Å²) in [6.07, 6.45) is 6.26. The van der Waals surface area contributed by atoms with Gasteiger partial charge in [-0.25, -0.2) is 8.93 Å². The fraction of sp³-hybridized carbons (Fsp3) is 0.500. The second-order valence-corrected chi connectivity index (χ2v) is 5.04. The number of esters is 1. The van der Waals surface area contributed by atoms with E-state index in [0.717, 1.165) is 19.3 Å². The molecule has 1 unspecified atom stereocenters. The van der Waals surface area contributed by atoms with Gasteiger partial charge in [0.15, 0.2) is 0 Å². The molecule has 5 nitrogen and oxygen atoms in total. The Kier molecular flexibility index (Phi) is 7.20. The maximum Gasteiger partial charge on any atom is 0.305 e. The molecular weight excluding hydrogens is 252 g/mol. The lowest BCUT2D eigenvalue weighted by Gasteiger charge is -2.04. The van der Waals surface area contributed by atoms with Gasteiger partial charge in [0.25, 0.3) is 0 Å². The molecule has 0 aliphatic carbocycles. The van der Waals surface area contributed by atoms with Crippen LogP contribution in [0.25, 0.3) is 0 Å². The quantitative estimate of drug-likeness (QED) is 0.573. The zero-order chi connectivity index (χ0) is 13.2. The van der Waals surface area contributed by atoms with Gasteiger partial charge in [-0.2, -0.15) is 0 Å². The number of methoxy groups -OCH3 is 1. The minimum atomic E-state index is -1.20. The number of hydrogen-bond donors (Lipinski definition) is 1. The lowest BCUT2D eigenvalue weighted by atomic mass is 10.2. The van der Waals surface area contributed by atoms with Gasteiger partial charge in [-0.1, -0.05) is 6.42 Å². The SMILES string of the molecule is COC(=O)CCCCCNS(=O)c1cccnc1. The Morgan fingerprint density at radius 1 is 1.44 bits per heavy atom. The van der Waals surface area contributed by atoms with Crippen molar-refractivity contribution in [2.24, 2.45) is 0 Å². The maximum atomic E-state index is 11.7. The second-order valence-electron chi connectivity index (χ2n) is 3.74. The van der Waals surface area contributed by atoms with Gasteiger partial charge in [0.2, 0.25) is 0 Å². The molecule has 6 heteroatoms. The standard InChI is InChI=1S/C12H18N2O3S/c1-17-12(15)7-3-2-4-9-14-18(16)11-6-5-8-13-10-11/h5-6,8,10,14H,2-4,7,9H2,1H3. The van der Waals surface area contributed by atoms with Crippen LogP contribution in [-0.4, -0.2) is 28.8 Å². The Balaban J connectivity index is 2.08. The van der Waals surface area contributed by atoms with Crippen LogP contribution in [0.3, 0.4) is 0 Å². The van der Waals surface area contributed by atoms with Crippen molar-refractivity contribution < 1.29 is 13.7 Å². The molecule has 1 aromatic heterocycles. The number of rotatable bonds is 8. The van der Waals surface area contributed by atoms with E-state index in [1.54, 1.807) is 24.5 Å². The van der Waals surface area contributed by atoms with Crippen molar-refractivity contribution in [3.05, 3.63) is 24.5 Å². The van der Waals surface area contributed by atoms with E-state index in [9.17, 15) is 9.00 Å². The van der Waals surface area contributed by atoms with E-state index in [1.165, 1.54) is 7.11 Å². The van der Waals surface area contributed by atoms with Crippen LogP contribution < -0.4 is 4.72 Å². The number of ether oxygens (including phenoxy) is 1. The molecule has 0 spiro atoms. The van der Waals surface area contributed by atoms with Crippen LogP contribution in [0.5, 0.6) is 0 Å². The Hall–Kier alpha value is -1.27. The van der Waals surface area contributed by atoms with Crippen LogP contribution in [-0.2, 0) is 20.5 Å². The molecule has 0 amide bonds. The molecule has 0 radical (unpaired) electrons. The highest BCUT2D eigenvalue weighted by Gasteiger charge is 2.02. The first-order chi connectivity index (χ1) is 8.74. The molecule has 0 bridgehead atoms. The summed E-state index contributed by atoms with van der Waals surface area (Å²) in [7, 11) is 0.186. The van der Waals surface area contributed by atoms with E-state index in [-0.39, 0.29) is 5.97 Å². The van der Waals surface area contributed by atoms with Crippen molar-refractivity contribution >= 4 is 17.0 Å². The summed E-state index contributed by atoms with van der Waals surface area (Å²) in [5.41, 5.74) is 0. The van der Waals surface area contributed by atoms with Crippen LogP contribution in [0.1, 0.15) is 25.7 Å². The summed E-state index contributed by atoms with van der Waals surface area (Å²) in [6, 6.07) is 3.53. The monoisotopic (exact) mass is 270 g/mol. The smallest absolute Gasteiger partial charge is 0.305 e. The Bertz CT molecular complexity index is 384. The van der Waals surface area contributed by atoms with Crippen LogP contribution in [0, 0.1) is 0 Å². The molecule has 18 heavy (non-hydrogen) atoms. The van der Waals surface area contributed by atoms with E-state index in [0.29, 0.717) is 17.9 Å². The first-order valence-corrected chi connectivity index (χ1v) is 7.01. The summed E-state index contributed by atoms with van der Waals surface area (Å²) < 4.78 is 19.2. The number of unbranched alkanes of at least 4 members (excludes halogenated alkanes) is 2. The molecule has 1 N–H and O–H groups in total. The van der Waals surface area contributed by atoms with E-state index in [2.05, 4.69) is 14.4 Å². The molecule has 1 atom stereocenters. The first kappa shape index (κ1) is 14.8. The Morgan fingerprint density at radius 3 is 2.94 bits per heavy atom. The fourth-order valence-electron chi connectivity index (χ4n) is 1.38. The number of carbonyl (C=O) groups is 1. The zero-order valence-corrected chi connectivity index (χ0v) is 11.2. The van der Waals surface area contributed by atoms with E-state index >= 15 is 0 Å². The van der Waals surface area contributed by atoms with Gasteiger partial charge in [-0.05, 0) is 25.0 Å². The predicted octanol–water partition coefficient (Wildman–Crippen LogP) is 1.43. The highest BCUT2D eigenvalue weighted by atomic mass is 32.2. The predicted molar refractivity (Wildman–Crippen MR) is 69.1 cm³/mol. The van der Waals surface area contributed by atoms with Gasteiger partial charge < -0.3 is 4.74 Å². The van der Waals surface area contributed by atoms with Crippen molar-refractivity contribution in [2.45, 2.75) is 30.6 Å². The highest BCUT2D eigenvalue weighted by molar-refractivity contribution is 7.83. The fourth-order valence-corrected chi connectivity index (χ4v) is 2.23. The van der Waals surface area contributed by atoms with Gasteiger partial charge in [-0.15, -0.1) is 0 Å². The minimum absolute atomic E-state index is 0.179. The largest absolute Gasteiger partial charge is 0.469 e. The van der Waals surface area contributed by atoms with Crippen LogP contribution in [0.2, 0.25) is 0 Å². The molecule has 0 fully saturated rings. The summed E-state index contributed by atoms with van der Waals surface area (Å²) in [5, 5.41) is 0. The van der Waals surface area contributed by atoms with Crippen LogP contribution in [0.15, 0.2) is 29.4 Å². The van der Waals surface area contributed by atoms with Gasteiger partial charge in [0.05, 0.1) is 12.0 Å². The van der Waals surface area contributed by atoms with Gasteiger partial charge in [0.1, 0.15) is 11.0 Å². The molecule has 1 aromatic rings. The van der Waals surface area contributed by atoms with E-state index in [4.69, 9.17) is 0 Å². The van der Waals surface area contributed by atoms with E-state index in [1.807, 2.05) is 0 Å². The third-order valence-electron chi connectivity index (χ3n) is 2.37. The number of nitrogens with one attached hydrogen (secondary N) is 1. The average molecular weight is 270 g/mol. The van der Waals surface area contributed by atoms with Crippen molar-refractivity contribution in [1.82, 2.24) is 9.71 Å². The third kappa shape index (κ3) is 5.88. The van der Waals surface area contributed by atoms with E-state index < -0.39 is 11.0 Å². The van der Waals surface area contributed by atoms with Crippen molar-refractivity contribution in [1.29, 1.82) is 0 Å². The summed E-state index contributed by atoms with van der Waals surface area (Å²) in [4.78, 5) is 15.4. The summed E-state index contributed by atoms with van der Waals surface area (Å²) >= 11 is 0. The van der Waals surface area contributed by atoms with Gasteiger partial charge in [-0.3, -0.25) is 9.78 Å². The second kappa shape index (κ2) is 8.77. The molecule has 0 aliphatic heterocycles. The van der Waals surface area contributed by atoms with Crippen LogP contribution in [0.4, 0.5) is 0 Å². The highest BCUT2D eigenvalue weighted by Crippen LogP contribution is 2.03. The molecular formula is C12H18N2O3S. The molecule has 100 valence electrons. The van der Waals surface area contributed by atoms with Gasteiger partial charge in [0, 0.05) is 25.4 Å². The molecule has 0 aliphatic rings. The number of carbonyl (C=O) groups excluding carboxylic acids is 1. The Labute approximate surface area is 110 Å². The summed E-state index contributed by atoms with van der Waals surface area (Å²) in [5.74, 6) is -0.179. The van der Waals surface area contributed by atoms with Crippen molar-refractivity contribution in [3.63, 3.8) is 0 Å². The topological polar surface area (TPSA) is 68.3 Å². The third-order valence-corrected chi connectivity index (χ3v) is 3.50. The molecule has 0 aromatic carbocycles. The average Bonchev–Trinajstić information content (AvgIpc) is 2.43.